The van der Waals surface area contributed by atoms with E-state index < -0.39 is 72.7 Å². The van der Waals surface area contributed by atoms with Gasteiger partial charge in [0.05, 0.1) is 19.3 Å². The molecule has 0 spiro atoms. The number of rotatable bonds is 12. The Morgan fingerprint density at radius 1 is 1.32 bits per heavy atom. The molecule has 1 saturated heterocycles. The van der Waals surface area contributed by atoms with Gasteiger partial charge < -0.3 is 14.6 Å². The second kappa shape index (κ2) is 13.6. The molecule has 0 unspecified atom stereocenters. The molecule has 17 heteroatoms. The van der Waals surface area contributed by atoms with Crippen LogP contribution in [-0.2, 0) is 32.7 Å². The molecular weight excluding hydrogens is 596 g/mol. The number of carbonyl (C=O) groups excluding carboxylic acids is 2. The number of H-pyrrole nitrogens is 1. The number of esters is 1. The first-order valence-corrected chi connectivity index (χ1v) is 15.3. The molecule has 0 saturated carbocycles. The predicted molar refractivity (Wildman–Crippen MR) is 146 cm³/mol. The molecule has 1 aromatic heterocycles. The van der Waals surface area contributed by atoms with E-state index in [4.69, 9.17) is 30.1 Å². The monoisotopic (exact) mass is 631 g/mol. The number of hydrogen-bond donors (Lipinski definition) is 3. The van der Waals surface area contributed by atoms with E-state index >= 15 is 4.39 Å². The maximum atomic E-state index is 15.4. The number of ether oxygens (including phenoxy) is 2. The second-order valence-electron chi connectivity index (χ2n) is 10.5. The molecule has 0 amide bonds. The van der Waals surface area contributed by atoms with Gasteiger partial charge in [0, 0.05) is 22.9 Å². The summed E-state index contributed by atoms with van der Waals surface area (Å²) in [5.74, 6) is -0.655. The van der Waals surface area contributed by atoms with Crippen molar-refractivity contribution < 1.29 is 42.2 Å². The lowest BCUT2D eigenvalue weighted by atomic mass is 10.00. The van der Waals surface area contributed by atoms with Crippen molar-refractivity contribution in [3.8, 4) is 0 Å². The number of carbonyl (C=O) groups is 2. The number of aliphatic hydroxyl groups excluding tert-OH is 1. The largest absolute Gasteiger partial charge is 0.462 e. The van der Waals surface area contributed by atoms with Crippen LogP contribution >= 0.6 is 31.1 Å². The van der Waals surface area contributed by atoms with Crippen LogP contribution in [-0.4, -0.2) is 74.2 Å². The van der Waals surface area contributed by atoms with Gasteiger partial charge in [-0.1, -0.05) is 44.1 Å². The topological polar surface area (TPSA) is 175 Å². The van der Waals surface area contributed by atoms with E-state index in [0.29, 0.717) is 4.57 Å². The Hall–Kier alpha value is -1.58. The Kier molecular flexibility index (Phi) is 11.8. The van der Waals surface area contributed by atoms with Crippen molar-refractivity contribution in [3.05, 3.63) is 32.6 Å². The molecule has 6 atom stereocenters. The van der Waals surface area contributed by atoms with Gasteiger partial charge in [0.25, 0.3) is 10.7 Å². The van der Waals surface area contributed by atoms with E-state index in [1.54, 1.807) is 34.6 Å². The fourth-order valence-corrected chi connectivity index (χ4v) is 5.97. The van der Waals surface area contributed by atoms with E-state index in [-0.39, 0.29) is 23.0 Å². The zero-order valence-corrected chi connectivity index (χ0v) is 25.7. The average Bonchev–Trinajstić information content (AvgIpc) is 3.05. The van der Waals surface area contributed by atoms with Crippen LogP contribution in [0.1, 0.15) is 53.3 Å². The summed E-state index contributed by atoms with van der Waals surface area (Å²) in [5.41, 5.74) is -2.29. The number of nitrogens with one attached hydrogen (secondary N) is 2. The predicted octanol–water partition coefficient (Wildman–Crippen LogP) is 2.38. The number of alkyl halides is 2. The van der Waals surface area contributed by atoms with Gasteiger partial charge in [-0.15, -0.1) is 0 Å². The highest BCUT2D eigenvalue weighted by molar-refractivity contribution is 8.13. The van der Waals surface area contributed by atoms with E-state index in [1.807, 2.05) is 4.98 Å². The van der Waals surface area contributed by atoms with Crippen molar-refractivity contribution >= 4 is 42.2 Å². The standard InChI is InChI=1S/C23H36ClFN3O10PS/c1-12(2)37-18(31)14(4)27-39(34,35-8-9-40-20(32)22(5,6)7)36-11-15-16(29)23(24,25)19(38-15)28-10-13(3)17(30)26-21(28)33/h10,12,14-16,19,29H,8-9,11H2,1-7H3,(H,27,34)(H,26,30,33)/t14-,15+,16+,19+,23+,39-/m0/s1. The van der Waals surface area contributed by atoms with Gasteiger partial charge in [0.1, 0.15) is 18.2 Å². The van der Waals surface area contributed by atoms with Gasteiger partial charge in [-0.25, -0.2) is 18.8 Å². The lowest BCUT2D eigenvalue weighted by Gasteiger charge is -2.25. The highest BCUT2D eigenvalue weighted by Crippen LogP contribution is 2.48. The number of aromatic nitrogens is 2. The summed E-state index contributed by atoms with van der Waals surface area (Å²) < 4.78 is 51.0. The summed E-state index contributed by atoms with van der Waals surface area (Å²) >= 11 is 6.86. The van der Waals surface area contributed by atoms with E-state index in [1.165, 1.54) is 13.8 Å². The molecule has 2 heterocycles. The molecule has 1 fully saturated rings. The summed E-state index contributed by atoms with van der Waals surface area (Å²) in [4.78, 5) is 50.4. The van der Waals surface area contributed by atoms with E-state index in [2.05, 4.69) is 5.09 Å². The molecule has 1 aliphatic rings. The first kappa shape index (κ1) is 34.6. The molecule has 1 aliphatic heterocycles. The molecule has 0 aliphatic carbocycles. The third-order valence-corrected chi connectivity index (χ3v) is 8.80. The van der Waals surface area contributed by atoms with Crippen LogP contribution in [0, 0.1) is 12.3 Å². The van der Waals surface area contributed by atoms with Crippen LogP contribution in [0.15, 0.2) is 15.8 Å². The zero-order valence-electron chi connectivity index (χ0n) is 23.3. The van der Waals surface area contributed by atoms with Gasteiger partial charge in [-0.3, -0.25) is 33.0 Å². The van der Waals surface area contributed by atoms with Crippen molar-refractivity contribution in [2.24, 2.45) is 5.41 Å². The first-order valence-electron chi connectivity index (χ1n) is 12.4. The summed E-state index contributed by atoms with van der Waals surface area (Å²) in [5, 5.41) is 9.77. The number of halogens is 2. The van der Waals surface area contributed by atoms with Gasteiger partial charge in [0.15, 0.2) is 11.3 Å². The highest BCUT2D eigenvalue weighted by atomic mass is 35.5. The van der Waals surface area contributed by atoms with Gasteiger partial charge >= 0.3 is 19.4 Å². The van der Waals surface area contributed by atoms with Crippen LogP contribution in [0.3, 0.4) is 0 Å². The third-order valence-electron chi connectivity index (χ3n) is 5.43. The number of hydrogen-bond acceptors (Lipinski definition) is 11. The summed E-state index contributed by atoms with van der Waals surface area (Å²) in [6.07, 6.45) is -4.95. The summed E-state index contributed by atoms with van der Waals surface area (Å²) in [6.45, 7) is 10.2. The molecule has 0 radical (unpaired) electrons. The van der Waals surface area contributed by atoms with Crippen molar-refractivity contribution in [1.29, 1.82) is 0 Å². The molecule has 2 rings (SSSR count). The Bertz CT molecular complexity index is 1230. The quantitative estimate of drug-likeness (QED) is 0.133. The van der Waals surface area contributed by atoms with Crippen LogP contribution in [0.25, 0.3) is 0 Å². The zero-order chi connectivity index (χ0) is 30.6. The number of aromatic amines is 1. The van der Waals surface area contributed by atoms with Crippen LogP contribution < -0.4 is 16.3 Å². The normalized spacial score (nSPS) is 25.5. The molecule has 1 aromatic rings. The van der Waals surface area contributed by atoms with Gasteiger partial charge in [-0.2, -0.15) is 0 Å². The minimum absolute atomic E-state index is 0.0528. The number of nitrogens with zero attached hydrogens (tertiary/aromatic N) is 1. The second-order valence-corrected chi connectivity index (χ2v) is 13.9. The molecule has 3 N–H and O–H groups in total. The highest BCUT2D eigenvalue weighted by Gasteiger charge is 2.58. The number of aryl methyl sites for hydroxylation is 1. The molecule has 40 heavy (non-hydrogen) atoms. The number of aliphatic hydroxyl groups is 1. The van der Waals surface area contributed by atoms with Crippen molar-refractivity contribution in [3.63, 3.8) is 0 Å². The maximum Gasteiger partial charge on any atom is 0.406 e. The lowest BCUT2D eigenvalue weighted by molar-refractivity contribution is -0.149. The summed E-state index contributed by atoms with van der Waals surface area (Å²) in [6, 6.07) is -1.17. The van der Waals surface area contributed by atoms with E-state index in [9.17, 15) is 28.8 Å². The van der Waals surface area contributed by atoms with E-state index in [0.717, 1.165) is 18.0 Å². The average molecular weight is 632 g/mol. The third kappa shape index (κ3) is 8.96. The Labute approximate surface area is 240 Å². The first-order chi connectivity index (χ1) is 18.3. The SMILES string of the molecule is Cc1cn([C@@H]2O[C@H](CO[P@](=O)(N[C@@H](C)C(=O)OC(C)C)OCCSC(=O)C(C)(C)C)[C@@H](O)[C@]2(F)Cl)c(=O)[nH]c1=O. The van der Waals surface area contributed by atoms with Crippen LogP contribution in [0.5, 0.6) is 0 Å². The minimum Gasteiger partial charge on any atom is -0.462 e. The summed E-state index contributed by atoms with van der Waals surface area (Å²) in [7, 11) is -4.36. The maximum absolute atomic E-state index is 15.4. The molecule has 0 aromatic carbocycles. The Balaban J connectivity index is 2.19. The molecular formula is C23H36ClFN3O10PS. The van der Waals surface area contributed by atoms with Gasteiger partial charge in [-0.05, 0) is 27.7 Å². The van der Waals surface area contributed by atoms with Crippen LogP contribution in [0.4, 0.5) is 4.39 Å². The molecule has 13 nitrogen and oxygen atoms in total. The minimum atomic E-state index is -4.36. The van der Waals surface area contributed by atoms with Crippen molar-refractivity contribution in [2.45, 2.75) is 84.2 Å². The van der Waals surface area contributed by atoms with Gasteiger partial charge in [0.2, 0.25) is 0 Å². The molecule has 0 bridgehead atoms. The Morgan fingerprint density at radius 2 is 1.95 bits per heavy atom. The van der Waals surface area contributed by atoms with Crippen LogP contribution in [0.2, 0.25) is 0 Å². The van der Waals surface area contributed by atoms with Crippen molar-refractivity contribution in [2.75, 3.05) is 19.0 Å². The smallest absolute Gasteiger partial charge is 0.406 e. The van der Waals surface area contributed by atoms with Crippen molar-refractivity contribution in [1.82, 2.24) is 14.6 Å². The lowest BCUT2D eigenvalue weighted by Crippen LogP contribution is -2.42. The molecule has 228 valence electrons. The fraction of sp³-hybridized carbons (Fsp3) is 0.739. The Morgan fingerprint density at radius 3 is 2.52 bits per heavy atom. The fourth-order valence-electron chi connectivity index (χ4n) is 3.28. The number of thioether (sulfide) groups is 1.